The van der Waals surface area contributed by atoms with Gasteiger partial charge in [-0.2, -0.15) is 0 Å². The molecule has 0 atom stereocenters. The van der Waals surface area contributed by atoms with Gasteiger partial charge in [0, 0.05) is 11.1 Å². The quantitative estimate of drug-likeness (QED) is 0.470. The molecule has 130 valence electrons. The number of benzene rings is 1. The number of amides is 1. The van der Waals surface area contributed by atoms with E-state index in [1.165, 1.54) is 0 Å². The Morgan fingerprint density at radius 3 is 1.96 bits per heavy atom. The van der Waals surface area contributed by atoms with Crippen LogP contribution in [0.1, 0.15) is 58.2 Å². The van der Waals surface area contributed by atoms with Crippen molar-refractivity contribution in [1.29, 1.82) is 0 Å². The highest BCUT2D eigenvalue weighted by molar-refractivity contribution is 6.13. The molecule has 0 aliphatic carbocycles. The van der Waals surface area contributed by atoms with E-state index in [1.54, 1.807) is 6.08 Å². The largest absolute Gasteiger partial charge is 0.507 e. The van der Waals surface area contributed by atoms with Crippen molar-refractivity contribution < 1.29 is 15.1 Å². The molecule has 4 N–H and O–H groups in total. The molecule has 1 aromatic rings. The lowest BCUT2D eigenvalue weighted by atomic mass is 9.78. The molecule has 0 aromatic heterocycles. The van der Waals surface area contributed by atoms with Crippen LogP contribution in [0, 0.1) is 0 Å². The maximum absolute atomic E-state index is 11.9. The Hall–Kier alpha value is -2.34. The molecule has 0 saturated heterocycles. The van der Waals surface area contributed by atoms with Crippen LogP contribution in [0.3, 0.4) is 0 Å². The van der Waals surface area contributed by atoms with Crippen molar-refractivity contribution >= 4 is 17.9 Å². The van der Waals surface area contributed by atoms with Crippen LogP contribution in [0.25, 0.3) is 6.08 Å². The van der Waals surface area contributed by atoms with Crippen molar-refractivity contribution in [3.8, 4) is 5.75 Å². The van der Waals surface area contributed by atoms with Gasteiger partial charge < -0.3 is 5.11 Å². The molecular weight excluding hydrogens is 306 g/mol. The summed E-state index contributed by atoms with van der Waals surface area (Å²) < 4.78 is 0. The van der Waals surface area contributed by atoms with Crippen LogP contribution in [-0.2, 0) is 15.6 Å². The predicted octanol–water partition coefficient (Wildman–Crippen LogP) is 2.79. The van der Waals surface area contributed by atoms with Gasteiger partial charge >= 0.3 is 0 Å². The van der Waals surface area contributed by atoms with Crippen LogP contribution in [0.5, 0.6) is 5.75 Å². The summed E-state index contributed by atoms with van der Waals surface area (Å²) in [5.74, 6) is -0.111. The van der Waals surface area contributed by atoms with Gasteiger partial charge in [-0.3, -0.25) is 15.3 Å². The number of phenols is 1. The third-order valence-electron chi connectivity index (χ3n) is 3.85. The molecule has 24 heavy (non-hydrogen) atoms. The molecule has 0 fully saturated rings. The second-order valence-electron chi connectivity index (χ2n) is 8.02. The van der Waals surface area contributed by atoms with Gasteiger partial charge in [-0.05, 0) is 34.6 Å². The SMILES string of the molecule is CC(C)(C)c1cc(/C=C2/N=C(NO)NC2=O)cc(C(C)(C)C)c1O. The Morgan fingerprint density at radius 1 is 1.08 bits per heavy atom. The van der Waals surface area contributed by atoms with Crippen LogP contribution in [0.15, 0.2) is 22.8 Å². The summed E-state index contributed by atoms with van der Waals surface area (Å²) in [5, 5.41) is 22.0. The van der Waals surface area contributed by atoms with Crippen molar-refractivity contribution in [3.05, 3.63) is 34.5 Å². The average molecular weight is 331 g/mol. The second kappa shape index (κ2) is 5.94. The first kappa shape index (κ1) is 18.0. The summed E-state index contributed by atoms with van der Waals surface area (Å²) in [4.78, 5) is 15.9. The zero-order chi connectivity index (χ0) is 18.3. The zero-order valence-corrected chi connectivity index (χ0v) is 15.0. The summed E-state index contributed by atoms with van der Waals surface area (Å²) in [5.41, 5.74) is 3.91. The topological polar surface area (TPSA) is 94.0 Å². The van der Waals surface area contributed by atoms with E-state index in [1.807, 2.05) is 59.2 Å². The predicted molar refractivity (Wildman–Crippen MR) is 94.0 cm³/mol. The molecule has 1 heterocycles. The lowest BCUT2D eigenvalue weighted by molar-refractivity contribution is -0.115. The van der Waals surface area contributed by atoms with Crippen molar-refractivity contribution in [2.45, 2.75) is 52.4 Å². The number of guanidine groups is 1. The van der Waals surface area contributed by atoms with Gasteiger partial charge in [0.15, 0.2) is 0 Å². The standard InChI is InChI=1S/C18H25N3O3/c1-17(2,3)11-7-10(8-12(14(11)22)18(4,5)6)9-13-15(23)20-16(19-13)21-24/h7-9,22,24H,1-6H3,(H2,19,20,21,23)/b13-9+. The first-order chi connectivity index (χ1) is 10.9. The molecule has 0 spiro atoms. The molecule has 0 radical (unpaired) electrons. The monoisotopic (exact) mass is 331 g/mol. The highest BCUT2D eigenvalue weighted by Crippen LogP contribution is 2.40. The van der Waals surface area contributed by atoms with Crippen molar-refractivity contribution in [1.82, 2.24) is 10.8 Å². The first-order valence-corrected chi connectivity index (χ1v) is 7.83. The van der Waals surface area contributed by atoms with Gasteiger partial charge in [0.1, 0.15) is 11.4 Å². The third-order valence-corrected chi connectivity index (χ3v) is 3.85. The van der Waals surface area contributed by atoms with Crippen molar-refractivity contribution in [2.75, 3.05) is 0 Å². The lowest BCUT2D eigenvalue weighted by Crippen LogP contribution is -2.33. The van der Waals surface area contributed by atoms with Crippen LogP contribution in [-0.4, -0.2) is 22.2 Å². The van der Waals surface area contributed by atoms with Gasteiger partial charge in [0.25, 0.3) is 5.91 Å². The molecule has 0 saturated carbocycles. The Morgan fingerprint density at radius 2 is 1.58 bits per heavy atom. The molecule has 0 bridgehead atoms. The van der Waals surface area contributed by atoms with E-state index in [4.69, 9.17) is 5.21 Å². The van der Waals surface area contributed by atoms with Crippen LogP contribution in [0.2, 0.25) is 0 Å². The van der Waals surface area contributed by atoms with Gasteiger partial charge in [0.05, 0.1) is 0 Å². The van der Waals surface area contributed by atoms with Crippen molar-refractivity contribution in [2.24, 2.45) is 4.99 Å². The highest BCUT2D eigenvalue weighted by Gasteiger charge is 2.27. The number of aliphatic imine (C=N–C) groups is 1. The summed E-state index contributed by atoms with van der Waals surface area (Å²) in [6.45, 7) is 12.2. The van der Waals surface area contributed by atoms with Crippen LogP contribution >= 0.6 is 0 Å². The number of phenolic OH excluding ortho intramolecular Hbond substituents is 1. The second-order valence-corrected chi connectivity index (χ2v) is 8.02. The Kier molecular flexibility index (Phi) is 4.46. The number of nitrogens with zero attached hydrogens (tertiary/aromatic N) is 1. The maximum atomic E-state index is 11.9. The molecular formula is C18H25N3O3. The summed E-state index contributed by atoms with van der Waals surface area (Å²) in [7, 11) is 0. The maximum Gasteiger partial charge on any atom is 0.276 e. The first-order valence-electron chi connectivity index (χ1n) is 7.83. The molecule has 1 aliphatic heterocycles. The number of hydrogen-bond acceptors (Lipinski definition) is 5. The van der Waals surface area contributed by atoms with Gasteiger partial charge in [-0.1, -0.05) is 41.5 Å². The van der Waals surface area contributed by atoms with E-state index < -0.39 is 5.91 Å². The summed E-state index contributed by atoms with van der Waals surface area (Å²) in [6, 6.07) is 3.73. The number of carbonyl (C=O) groups excluding carboxylic acids is 1. The summed E-state index contributed by atoms with van der Waals surface area (Å²) >= 11 is 0. The summed E-state index contributed by atoms with van der Waals surface area (Å²) in [6.07, 6.45) is 1.64. The van der Waals surface area contributed by atoms with Gasteiger partial charge in [-0.25, -0.2) is 10.5 Å². The number of aromatic hydroxyl groups is 1. The Balaban J connectivity index is 2.64. The molecule has 6 nitrogen and oxygen atoms in total. The minimum Gasteiger partial charge on any atom is -0.507 e. The van der Waals surface area contributed by atoms with E-state index >= 15 is 0 Å². The third kappa shape index (κ3) is 3.59. The number of hydroxylamine groups is 1. The normalized spacial score (nSPS) is 17.0. The zero-order valence-electron chi connectivity index (χ0n) is 15.0. The number of hydrogen-bond donors (Lipinski definition) is 4. The van der Waals surface area contributed by atoms with E-state index in [0.29, 0.717) is 0 Å². The molecule has 1 aromatic carbocycles. The smallest absolute Gasteiger partial charge is 0.276 e. The van der Waals surface area contributed by atoms with Crippen LogP contribution < -0.4 is 10.8 Å². The Bertz CT molecular complexity index is 700. The minimum absolute atomic E-state index is 0.00267. The lowest BCUT2D eigenvalue weighted by Gasteiger charge is -2.27. The fourth-order valence-corrected chi connectivity index (χ4v) is 2.56. The number of rotatable bonds is 1. The van der Waals surface area contributed by atoms with E-state index in [-0.39, 0.29) is 28.2 Å². The molecule has 2 rings (SSSR count). The van der Waals surface area contributed by atoms with Crippen LogP contribution in [0.4, 0.5) is 0 Å². The van der Waals surface area contributed by atoms with E-state index in [9.17, 15) is 9.90 Å². The fourth-order valence-electron chi connectivity index (χ4n) is 2.56. The van der Waals surface area contributed by atoms with E-state index in [0.717, 1.165) is 16.7 Å². The average Bonchev–Trinajstić information content (AvgIpc) is 2.78. The molecule has 6 heteroatoms. The molecule has 0 unspecified atom stereocenters. The highest BCUT2D eigenvalue weighted by atomic mass is 16.5. The molecule has 1 amide bonds. The van der Waals surface area contributed by atoms with Crippen molar-refractivity contribution in [3.63, 3.8) is 0 Å². The minimum atomic E-state index is -0.394. The Labute approximate surface area is 142 Å². The van der Waals surface area contributed by atoms with E-state index in [2.05, 4.69) is 10.3 Å². The van der Waals surface area contributed by atoms with Gasteiger partial charge in [-0.15, -0.1) is 0 Å². The fraction of sp³-hybridized carbons (Fsp3) is 0.444. The number of carbonyl (C=O) groups is 1. The molecule has 1 aliphatic rings. The van der Waals surface area contributed by atoms with Gasteiger partial charge in [0.2, 0.25) is 5.96 Å². The number of nitrogens with one attached hydrogen (secondary N) is 2.